The van der Waals surface area contributed by atoms with Gasteiger partial charge >= 0.3 is 0 Å². The van der Waals surface area contributed by atoms with Gasteiger partial charge in [-0.2, -0.15) is 0 Å². The lowest BCUT2D eigenvalue weighted by molar-refractivity contribution is -0.125. The van der Waals surface area contributed by atoms with Gasteiger partial charge in [0.1, 0.15) is 0 Å². The van der Waals surface area contributed by atoms with Crippen LogP contribution < -0.4 is 11.1 Å². The third kappa shape index (κ3) is 3.79. The van der Waals surface area contributed by atoms with Crippen molar-refractivity contribution in [3.05, 3.63) is 41.6 Å². The minimum Gasteiger partial charge on any atom is -0.354 e. The van der Waals surface area contributed by atoms with Gasteiger partial charge in [0.05, 0.1) is 11.4 Å². The summed E-state index contributed by atoms with van der Waals surface area (Å²) in [7, 11) is 0. The second kappa shape index (κ2) is 6.68. The van der Waals surface area contributed by atoms with Crippen molar-refractivity contribution in [2.45, 2.75) is 33.2 Å². The van der Waals surface area contributed by atoms with Gasteiger partial charge in [-0.25, -0.2) is 0 Å². The molecule has 1 aromatic carbocycles. The van der Waals surface area contributed by atoms with E-state index >= 15 is 0 Å². The molecule has 0 radical (unpaired) electrons. The van der Waals surface area contributed by atoms with Crippen LogP contribution in [0.4, 0.5) is 0 Å². The van der Waals surface area contributed by atoms with Crippen molar-refractivity contribution in [3.63, 3.8) is 0 Å². The minimum atomic E-state index is -0.211. The van der Waals surface area contributed by atoms with Crippen LogP contribution in [-0.2, 0) is 11.2 Å². The lowest BCUT2D eigenvalue weighted by Crippen LogP contribution is -2.39. The fourth-order valence-corrected chi connectivity index (χ4v) is 2.51. The Morgan fingerprint density at radius 2 is 2.05 bits per heavy atom. The summed E-state index contributed by atoms with van der Waals surface area (Å²) in [6.45, 7) is 6.23. The molecule has 4 nitrogen and oxygen atoms in total. The summed E-state index contributed by atoms with van der Waals surface area (Å²) in [4.78, 5) is 16.7. The Morgan fingerprint density at radius 1 is 1.33 bits per heavy atom. The van der Waals surface area contributed by atoms with Gasteiger partial charge in [0.25, 0.3) is 0 Å². The van der Waals surface area contributed by atoms with Crippen molar-refractivity contribution < 1.29 is 4.79 Å². The molecule has 0 saturated carbocycles. The van der Waals surface area contributed by atoms with Gasteiger partial charge in [0.15, 0.2) is 0 Å². The number of benzene rings is 1. The number of hydrogen-bond donors (Lipinski definition) is 2. The van der Waals surface area contributed by atoms with E-state index in [1.165, 1.54) is 0 Å². The summed E-state index contributed by atoms with van der Waals surface area (Å²) in [6, 6.07) is 10.2. The minimum absolute atomic E-state index is 0.0195. The Labute approximate surface area is 125 Å². The van der Waals surface area contributed by atoms with E-state index in [0.717, 1.165) is 22.2 Å². The third-order valence-electron chi connectivity index (χ3n) is 3.48. The third-order valence-corrected chi connectivity index (χ3v) is 3.48. The second-order valence-electron chi connectivity index (χ2n) is 5.74. The number of nitrogens with two attached hydrogens (primary N) is 1. The summed E-state index contributed by atoms with van der Waals surface area (Å²) >= 11 is 0. The van der Waals surface area contributed by atoms with Crippen molar-refractivity contribution in [1.82, 2.24) is 10.3 Å². The highest BCUT2D eigenvalue weighted by Crippen LogP contribution is 2.21. The van der Waals surface area contributed by atoms with Crippen LogP contribution in [0.3, 0.4) is 0 Å². The maximum Gasteiger partial charge on any atom is 0.224 e. The number of amides is 1. The van der Waals surface area contributed by atoms with Crippen LogP contribution in [0.25, 0.3) is 10.9 Å². The van der Waals surface area contributed by atoms with E-state index in [1.54, 1.807) is 0 Å². The van der Waals surface area contributed by atoms with E-state index in [-0.39, 0.29) is 17.9 Å². The van der Waals surface area contributed by atoms with E-state index in [9.17, 15) is 4.79 Å². The number of nitrogens with one attached hydrogen (secondary N) is 1. The van der Waals surface area contributed by atoms with Crippen LogP contribution in [0.15, 0.2) is 30.3 Å². The van der Waals surface area contributed by atoms with Crippen molar-refractivity contribution >= 4 is 16.8 Å². The molecule has 0 fully saturated rings. The van der Waals surface area contributed by atoms with Gasteiger partial charge in [0, 0.05) is 23.7 Å². The SMILES string of the molecule is Cc1cc(CC(CN)C(=O)NC(C)C)c2ccccc2n1. The maximum atomic E-state index is 12.2. The number of hydrogen-bond acceptors (Lipinski definition) is 3. The van der Waals surface area contributed by atoms with Gasteiger partial charge in [-0.1, -0.05) is 18.2 Å². The fourth-order valence-electron chi connectivity index (χ4n) is 2.51. The van der Waals surface area contributed by atoms with E-state index in [0.29, 0.717) is 13.0 Å². The lowest BCUT2D eigenvalue weighted by atomic mass is 9.95. The first kappa shape index (κ1) is 15.4. The van der Waals surface area contributed by atoms with E-state index in [4.69, 9.17) is 5.73 Å². The molecular weight excluding hydrogens is 262 g/mol. The molecule has 21 heavy (non-hydrogen) atoms. The number of fused-ring (bicyclic) bond motifs is 1. The van der Waals surface area contributed by atoms with Crippen LogP contribution in [0.1, 0.15) is 25.1 Å². The molecule has 0 bridgehead atoms. The van der Waals surface area contributed by atoms with E-state index in [1.807, 2.05) is 51.1 Å². The van der Waals surface area contributed by atoms with E-state index in [2.05, 4.69) is 10.3 Å². The molecule has 0 aliphatic carbocycles. The van der Waals surface area contributed by atoms with Gasteiger partial charge in [-0.15, -0.1) is 0 Å². The molecule has 4 heteroatoms. The molecule has 1 unspecified atom stereocenters. The maximum absolute atomic E-state index is 12.2. The van der Waals surface area contributed by atoms with Crippen LogP contribution in [0.2, 0.25) is 0 Å². The number of nitrogens with zero attached hydrogens (tertiary/aromatic N) is 1. The summed E-state index contributed by atoms with van der Waals surface area (Å²) in [5.41, 5.74) is 8.86. The first-order valence-corrected chi connectivity index (χ1v) is 7.37. The molecule has 3 N–H and O–H groups in total. The Balaban J connectivity index is 2.31. The van der Waals surface area contributed by atoms with Crippen LogP contribution in [-0.4, -0.2) is 23.5 Å². The quantitative estimate of drug-likeness (QED) is 0.885. The normalized spacial score (nSPS) is 12.6. The van der Waals surface area contributed by atoms with Crippen molar-refractivity contribution in [1.29, 1.82) is 0 Å². The van der Waals surface area contributed by atoms with E-state index < -0.39 is 0 Å². The topological polar surface area (TPSA) is 68.0 Å². The summed E-state index contributed by atoms with van der Waals surface area (Å²) < 4.78 is 0. The van der Waals surface area contributed by atoms with Crippen molar-refractivity contribution in [3.8, 4) is 0 Å². The number of aromatic nitrogens is 1. The van der Waals surface area contributed by atoms with Crippen molar-refractivity contribution in [2.24, 2.45) is 11.7 Å². The average Bonchev–Trinajstić information content (AvgIpc) is 2.43. The number of carbonyl (C=O) groups is 1. The molecule has 2 rings (SSSR count). The molecular formula is C17H23N3O. The zero-order valence-corrected chi connectivity index (χ0v) is 12.9. The molecule has 0 saturated heterocycles. The molecule has 2 aromatic rings. The highest BCUT2D eigenvalue weighted by Gasteiger charge is 2.19. The highest BCUT2D eigenvalue weighted by molar-refractivity contribution is 5.84. The Hall–Kier alpha value is -1.94. The van der Waals surface area contributed by atoms with Gasteiger partial charge in [-0.3, -0.25) is 9.78 Å². The number of rotatable bonds is 5. The smallest absolute Gasteiger partial charge is 0.224 e. The molecule has 0 aliphatic rings. The Kier molecular flexibility index (Phi) is 4.91. The Morgan fingerprint density at radius 3 is 2.71 bits per heavy atom. The number of pyridine rings is 1. The molecule has 112 valence electrons. The average molecular weight is 285 g/mol. The molecule has 1 aromatic heterocycles. The first-order chi connectivity index (χ1) is 10.0. The number of aryl methyl sites for hydroxylation is 1. The van der Waals surface area contributed by atoms with Crippen LogP contribution in [0, 0.1) is 12.8 Å². The Bertz CT molecular complexity index is 637. The monoisotopic (exact) mass is 285 g/mol. The number of para-hydroxylation sites is 1. The summed E-state index contributed by atoms with van der Waals surface area (Å²) in [5.74, 6) is -0.191. The predicted molar refractivity (Wildman–Crippen MR) is 86.0 cm³/mol. The van der Waals surface area contributed by atoms with Gasteiger partial charge in [-0.05, 0) is 44.9 Å². The summed E-state index contributed by atoms with van der Waals surface area (Å²) in [6.07, 6.45) is 0.638. The first-order valence-electron chi connectivity index (χ1n) is 7.37. The standard InChI is InChI=1S/C17H23N3O/c1-11(2)19-17(21)14(10-18)9-13-8-12(3)20-16-7-5-4-6-15(13)16/h4-8,11,14H,9-10,18H2,1-3H3,(H,19,21). The molecule has 0 spiro atoms. The lowest BCUT2D eigenvalue weighted by Gasteiger charge is -2.18. The highest BCUT2D eigenvalue weighted by atomic mass is 16.1. The van der Waals surface area contributed by atoms with Crippen LogP contribution >= 0.6 is 0 Å². The van der Waals surface area contributed by atoms with Gasteiger partial charge < -0.3 is 11.1 Å². The molecule has 0 aliphatic heterocycles. The molecule has 1 heterocycles. The molecule has 1 atom stereocenters. The summed E-state index contributed by atoms with van der Waals surface area (Å²) in [5, 5.41) is 4.04. The van der Waals surface area contributed by atoms with Crippen molar-refractivity contribution in [2.75, 3.05) is 6.54 Å². The zero-order valence-electron chi connectivity index (χ0n) is 12.9. The number of carbonyl (C=O) groups excluding carboxylic acids is 1. The zero-order chi connectivity index (χ0) is 15.4. The van der Waals surface area contributed by atoms with Crippen LogP contribution in [0.5, 0.6) is 0 Å². The molecule has 1 amide bonds. The fraction of sp³-hybridized carbons (Fsp3) is 0.412. The largest absolute Gasteiger partial charge is 0.354 e. The second-order valence-corrected chi connectivity index (χ2v) is 5.74. The van der Waals surface area contributed by atoms with Gasteiger partial charge in [0.2, 0.25) is 5.91 Å². The predicted octanol–water partition coefficient (Wildman–Crippen LogP) is 2.19.